The molecular weight excluding hydrogens is 248 g/mol. The van der Waals surface area contributed by atoms with Crippen LogP contribution < -0.4 is 0 Å². The summed E-state index contributed by atoms with van der Waals surface area (Å²) >= 11 is 0. The van der Waals surface area contributed by atoms with Gasteiger partial charge in [-0.1, -0.05) is 0 Å². The Kier molecular flexibility index (Phi) is 2.77. The van der Waals surface area contributed by atoms with E-state index in [0.717, 1.165) is 17.8 Å². The standard InChI is InChI=1S/C16H18N4/c1-3-13(11-17-8-1)14-4-5-15(19-18-14)16-6-2-9-20(12-16)10-7-16/h1,3-5,8,11H,2,6-7,9-10,12H2/t16-/m0/s1. The third-order valence-corrected chi connectivity index (χ3v) is 4.73. The van der Waals surface area contributed by atoms with Crippen LogP contribution in [-0.4, -0.2) is 39.7 Å². The fourth-order valence-corrected chi connectivity index (χ4v) is 3.61. The van der Waals surface area contributed by atoms with E-state index < -0.39 is 0 Å². The van der Waals surface area contributed by atoms with Crippen molar-refractivity contribution < 1.29 is 0 Å². The lowest BCUT2D eigenvalue weighted by Gasteiger charge is -2.33. The Morgan fingerprint density at radius 2 is 2.05 bits per heavy atom. The molecule has 0 N–H and O–H groups in total. The summed E-state index contributed by atoms with van der Waals surface area (Å²) in [7, 11) is 0. The van der Waals surface area contributed by atoms with Crippen molar-refractivity contribution in [3.05, 3.63) is 42.4 Å². The molecule has 2 aromatic rings. The fraction of sp³-hybridized carbons (Fsp3) is 0.438. The van der Waals surface area contributed by atoms with Crippen LogP contribution in [0, 0.1) is 0 Å². The molecule has 2 fully saturated rings. The van der Waals surface area contributed by atoms with Gasteiger partial charge in [0, 0.05) is 29.9 Å². The monoisotopic (exact) mass is 266 g/mol. The van der Waals surface area contributed by atoms with Crippen LogP contribution in [0.4, 0.5) is 0 Å². The van der Waals surface area contributed by atoms with Gasteiger partial charge in [-0.3, -0.25) is 4.98 Å². The van der Waals surface area contributed by atoms with E-state index in [0.29, 0.717) is 0 Å². The van der Waals surface area contributed by atoms with E-state index in [1.54, 1.807) is 6.20 Å². The van der Waals surface area contributed by atoms with Crippen LogP contribution in [0.1, 0.15) is 25.0 Å². The van der Waals surface area contributed by atoms with Crippen LogP contribution >= 0.6 is 0 Å². The number of rotatable bonds is 2. The molecule has 2 aliphatic rings. The molecule has 0 aliphatic carbocycles. The van der Waals surface area contributed by atoms with Crippen molar-refractivity contribution in [3.8, 4) is 11.3 Å². The number of hydrogen-bond acceptors (Lipinski definition) is 4. The summed E-state index contributed by atoms with van der Waals surface area (Å²) in [6.45, 7) is 3.63. The average Bonchev–Trinajstić information content (AvgIpc) is 2.84. The zero-order valence-corrected chi connectivity index (χ0v) is 11.5. The van der Waals surface area contributed by atoms with Crippen molar-refractivity contribution >= 4 is 0 Å². The SMILES string of the molecule is c1cncc(-c2ccc([C@@]34CCCN(CC3)C4)nn2)c1. The molecule has 0 radical (unpaired) electrons. The third-order valence-electron chi connectivity index (χ3n) is 4.73. The molecule has 2 atom stereocenters. The van der Waals surface area contributed by atoms with E-state index in [1.165, 1.54) is 38.0 Å². The summed E-state index contributed by atoms with van der Waals surface area (Å²) in [5, 5.41) is 8.97. The minimum absolute atomic E-state index is 0.263. The summed E-state index contributed by atoms with van der Waals surface area (Å²) in [5.74, 6) is 0. The quantitative estimate of drug-likeness (QED) is 0.836. The number of pyridine rings is 1. The summed E-state index contributed by atoms with van der Waals surface area (Å²) in [6.07, 6.45) is 7.38. The van der Waals surface area contributed by atoms with E-state index >= 15 is 0 Å². The van der Waals surface area contributed by atoms with Gasteiger partial charge in [-0.2, -0.15) is 10.2 Å². The molecule has 4 rings (SSSR count). The van der Waals surface area contributed by atoms with Gasteiger partial charge < -0.3 is 4.90 Å². The minimum atomic E-state index is 0.263. The molecule has 102 valence electrons. The Balaban J connectivity index is 1.65. The van der Waals surface area contributed by atoms with Crippen LogP contribution in [0.5, 0.6) is 0 Å². The van der Waals surface area contributed by atoms with E-state index in [9.17, 15) is 0 Å². The van der Waals surface area contributed by atoms with E-state index in [2.05, 4.69) is 32.2 Å². The molecule has 4 nitrogen and oxygen atoms in total. The van der Waals surface area contributed by atoms with Crippen LogP contribution in [-0.2, 0) is 5.41 Å². The number of piperidine rings is 1. The highest BCUT2D eigenvalue weighted by Crippen LogP contribution is 2.41. The first kappa shape index (κ1) is 12.0. The Bertz CT molecular complexity index is 592. The van der Waals surface area contributed by atoms with Gasteiger partial charge in [0.15, 0.2) is 0 Å². The van der Waals surface area contributed by atoms with Crippen molar-refractivity contribution in [2.24, 2.45) is 0 Å². The van der Waals surface area contributed by atoms with Crippen LogP contribution in [0.3, 0.4) is 0 Å². The second-order valence-corrected chi connectivity index (χ2v) is 5.96. The second-order valence-electron chi connectivity index (χ2n) is 5.96. The molecule has 1 unspecified atom stereocenters. The zero-order valence-electron chi connectivity index (χ0n) is 11.5. The molecule has 4 heterocycles. The number of fused-ring (bicyclic) bond motifs is 2. The highest BCUT2D eigenvalue weighted by Gasteiger charge is 2.43. The van der Waals surface area contributed by atoms with E-state index in [-0.39, 0.29) is 5.41 Å². The summed E-state index contributed by atoms with van der Waals surface area (Å²) < 4.78 is 0. The molecule has 2 bridgehead atoms. The van der Waals surface area contributed by atoms with Crippen molar-refractivity contribution in [3.63, 3.8) is 0 Å². The Labute approximate surface area is 118 Å². The maximum Gasteiger partial charge on any atom is 0.0945 e. The number of aromatic nitrogens is 3. The summed E-state index contributed by atoms with van der Waals surface area (Å²) in [4.78, 5) is 6.69. The molecule has 2 saturated heterocycles. The molecule has 2 aliphatic heterocycles. The number of hydrogen-bond donors (Lipinski definition) is 0. The molecular formula is C16H18N4. The van der Waals surface area contributed by atoms with Gasteiger partial charge >= 0.3 is 0 Å². The lowest BCUT2D eigenvalue weighted by Crippen LogP contribution is -2.37. The zero-order chi connectivity index (χ0) is 13.4. The highest BCUT2D eigenvalue weighted by atomic mass is 15.2. The van der Waals surface area contributed by atoms with Gasteiger partial charge in [0.25, 0.3) is 0 Å². The van der Waals surface area contributed by atoms with Crippen LogP contribution in [0.15, 0.2) is 36.7 Å². The van der Waals surface area contributed by atoms with Gasteiger partial charge in [-0.25, -0.2) is 0 Å². The Hall–Kier alpha value is -1.81. The molecule has 2 aromatic heterocycles. The van der Waals surface area contributed by atoms with Crippen molar-refractivity contribution in [2.75, 3.05) is 19.6 Å². The van der Waals surface area contributed by atoms with Gasteiger partial charge in [0.05, 0.1) is 11.4 Å². The molecule has 4 heteroatoms. The first-order valence-electron chi connectivity index (χ1n) is 7.33. The molecule has 0 amide bonds. The largest absolute Gasteiger partial charge is 0.302 e. The molecule has 20 heavy (non-hydrogen) atoms. The normalized spacial score (nSPS) is 28.5. The van der Waals surface area contributed by atoms with E-state index in [4.69, 9.17) is 0 Å². The lowest BCUT2D eigenvalue weighted by molar-refractivity contribution is 0.239. The Morgan fingerprint density at radius 3 is 2.85 bits per heavy atom. The second kappa shape index (κ2) is 4.63. The molecule has 0 aromatic carbocycles. The third kappa shape index (κ3) is 1.91. The van der Waals surface area contributed by atoms with Gasteiger partial charge in [0.1, 0.15) is 0 Å². The number of nitrogens with zero attached hydrogens (tertiary/aromatic N) is 4. The van der Waals surface area contributed by atoms with Crippen molar-refractivity contribution in [1.29, 1.82) is 0 Å². The maximum absolute atomic E-state index is 4.54. The first-order valence-corrected chi connectivity index (χ1v) is 7.33. The fourth-order valence-electron chi connectivity index (χ4n) is 3.61. The molecule has 0 saturated carbocycles. The smallest absolute Gasteiger partial charge is 0.0945 e. The predicted molar refractivity (Wildman–Crippen MR) is 77.2 cm³/mol. The first-order chi connectivity index (χ1) is 9.86. The van der Waals surface area contributed by atoms with Crippen molar-refractivity contribution in [2.45, 2.75) is 24.7 Å². The van der Waals surface area contributed by atoms with E-state index in [1.807, 2.05) is 18.3 Å². The van der Waals surface area contributed by atoms with Gasteiger partial charge in [-0.15, -0.1) is 0 Å². The summed E-state index contributed by atoms with van der Waals surface area (Å²) in [5.41, 5.74) is 3.37. The van der Waals surface area contributed by atoms with Crippen molar-refractivity contribution in [1.82, 2.24) is 20.1 Å². The lowest BCUT2D eigenvalue weighted by atomic mass is 9.78. The average molecular weight is 266 g/mol. The summed E-state index contributed by atoms with van der Waals surface area (Å²) in [6, 6.07) is 8.21. The minimum Gasteiger partial charge on any atom is -0.302 e. The van der Waals surface area contributed by atoms with Crippen LogP contribution in [0.2, 0.25) is 0 Å². The molecule has 0 spiro atoms. The Morgan fingerprint density at radius 1 is 1.05 bits per heavy atom. The topological polar surface area (TPSA) is 41.9 Å². The van der Waals surface area contributed by atoms with Gasteiger partial charge in [-0.05, 0) is 56.6 Å². The van der Waals surface area contributed by atoms with Gasteiger partial charge in [0.2, 0.25) is 0 Å². The highest BCUT2D eigenvalue weighted by molar-refractivity contribution is 5.56. The maximum atomic E-state index is 4.54. The van der Waals surface area contributed by atoms with Crippen LogP contribution in [0.25, 0.3) is 11.3 Å². The predicted octanol–water partition coefficient (Wildman–Crippen LogP) is 2.28.